The molecule has 0 amide bonds. The summed E-state index contributed by atoms with van der Waals surface area (Å²) in [6.45, 7) is 0. The molecule has 5 heteroatoms. The van der Waals surface area contributed by atoms with Crippen molar-refractivity contribution in [3.05, 3.63) is 18.5 Å². The maximum Gasteiger partial charge on any atom is 0.237 e. The van der Waals surface area contributed by atoms with Crippen LogP contribution < -0.4 is 11.3 Å². The Morgan fingerprint density at radius 3 is 3.27 bits per heavy atom. The van der Waals surface area contributed by atoms with Crippen molar-refractivity contribution in [3.8, 4) is 0 Å². The van der Waals surface area contributed by atoms with Gasteiger partial charge in [0.25, 0.3) is 0 Å². The first-order valence-electron chi connectivity index (χ1n) is 3.07. The molecule has 0 saturated heterocycles. The van der Waals surface area contributed by atoms with E-state index in [9.17, 15) is 0 Å². The number of nitrogens with two attached hydrogens (primary N) is 1. The number of nitrogens with one attached hydrogen (secondary N) is 1. The van der Waals surface area contributed by atoms with Gasteiger partial charge in [0.1, 0.15) is 5.52 Å². The molecule has 56 valence electrons. The maximum absolute atomic E-state index is 5.10. The highest BCUT2D eigenvalue weighted by atomic mass is 16.3. The van der Waals surface area contributed by atoms with Crippen LogP contribution in [-0.4, -0.2) is 9.97 Å². The lowest BCUT2D eigenvalue weighted by Gasteiger charge is -1.94. The third kappa shape index (κ3) is 0.908. The Morgan fingerprint density at radius 1 is 1.55 bits per heavy atom. The molecule has 0 bridgehead atoms. The van der Waals surface area contributed by atoms with Crippen LogP contribution in [-0.2, 0) is 0 Å². The highest BCUT2D eigenvalue weighted by Gasteiger charge is 1.98. The lowest BCUT2D eigenvalue weighted by Crippen LogP contribution is -2.09. The van der Waals surface area contributed by atoms with Gasteiger partial charge in [-0.25, -0.2) is 15.8 Å². The number of anilines is 1. The van der Waals surface area contributed by atoms with Gasteiger partial charge in [0.2, 0.25) is 5.95 Å². The van der Waals surface area contributed by atoms with Crippen LogP contribution in [0.25, 0.3) is 11.1 Å². The second-order valence-electron chi connectivity index (χ2n) is 2.01. The molecule has 2 heterocycles. The van der Waals surface area contributed by atoms with Crippen molar-refractivity contribution >= 4 is 17.0 Å². The Balaban J connectivity index is 2.67. The summed E-state index contributed by atoms with van der Waals surface area (Å²) < 4.78 is 5.02. The summed E-state index contributed by atoms with van der Waals surface area (Å²) in [6.07, 6.45) is 3.12. The summed E-state index contributed by atoms with van der Waals surface area (Å²) in [4.78, 5) is 7.87. The molecule has 0 saturated carbocycles. The fourth-order valence-corrected chi connectivity index (χ4v) is 0.835. The van der Waals surface area contributed by atoms with Gasteiger partial charge in [-0.1, -0.05) is 0 Å². The van der Waals surface area contributed by atoms with Gasteiger partial charge in [0.15, 0.2) is 5.58 Å². The quantitative estimate of drug-likeness (QED) is 0.457. The number of hydrazine groups is 1. The number of fused-ring (bicyclic) bond motifs is 1. The molecule has 0 aromatic carbocycles. The third-order valence-corrected chi connectivity index (χ3v) is 1.33. The van der Waals surface area contributed by atoms with E-state index in [-0.39, 0.29) is 0 Å². The topological polar surface area (TPSA) is 77.0 Å². The largest absolute Gasteiger partial charge is 0.461 e. The van der Waals surface area contributed by atoms with Crippen molar-refractivity contribution in [2.75, 3.05) is 5.43 Å². The minimum atomic E-state index is 0.388. The molecule has 11 heavy (non-hydrogen) atoms. The van der Waals surface area contributed by atoms with Crippen molar-refractivity contribution in [1.82, 2.24) is 9.97 Å². The number of nitrogen functional groups attached to an aromatic ring is 1. The first-order chi connectivity index (χ1) is 5.40. The fraction of sp³-hybridized carbons (Fsp3) is 0. The molecule has 0 aliphatic carbocycles. The van der Waals surface area contributed by atoms with Gasteiger partial charge >= 0.3 is 0 Å². The molecule has 0 aliphatic heterocycles. The van der Waals surface area contributed by atoms with E-state index in [2.05, 4.69) is 15.4 Å². The van der Waals surface area contributed by atoms with Gasteiger partial charge in [0, 0.05) is 6.07 Å². The Labute approximate surface area is 62.2 Å². The van der Waals surface area contributed by atoms with Gasteiger partial charge in [-0.05, 0) is 0 Å². The van der Waals surface area contributed by atoms with Crippen LogP contribution in [0.5, 0.6) is 0 Å². The predicted octanol–water partition coefficient (Wildman–Crippen LogP) is 0.508. The number of hydrogen-bond acceptors (Lipinski definition) is 5. The Kier molecular flexibility index (Phi) is 1.23. The van der Waals surface area contributed by atoms with E-state index in [1.54, 1.807) is 18.5 Å². The van der Waals surface area contributed by atoms with E-state index in [0.717, 1.165) is 5.52 Å². The summed E-state index contributed by atoms with van der Waals surface area (Å²) in [5.74, 6) is 5.49. The maximum atomic E-state index is 5.10. The number of rotatable bonds is 1. The number of furan rings is 1. The van der Waals surface area contributed by atoms with Crippen LogP contribution in [0.4, 0.5) is 5.95 Å². The van der Waals surface area contributed by atoms with Gasteiger partial charge in [0.05, 0.1) is 12.5 Å². The van der Waals surface area contributed by atoms with Crippen LogP contribution in [0.2, 0.25) is 0 Å². The number of hydrogen-bond donors (Lipinski definition) is 2. The Morgan fingerprint density at radius 2 is 2.45 bits per heavy atom. The summed E-state index contributed by atoms with van der Waals surface area (Å²) in [5, 5.41) is 0. The van der Waals surface area contributed by atoms with E-state index < -0.39 is 0 Å². The van der Waals surface area contributed by atoms with E-state index in [4.69, 9.17) is 10.3 Å². The van der Waals surface area contributed by atoms with Crippen LogP contribution in [0.3, 0.4) is 0 Å². The molecule has 0 spiro atoms. The second kappa shape index (κ2) is 2.21. The summed E-state index contributed by atoms with van der Waals surface area (Å²) in [5.41, 5.74) is 3.74. The average Bonchev–Trinajstić information content (AvgIpc) is 2.50. The highest BCUT2D eigenvalue weighted by molar-refractivity contribution is 5.72. The zero-order chi connectivity index (χ0) is 7.68. The van der Waals surface area contributed by atoms with Crippen molar-refractivity contribution < 1.29 is 4.42 Å². The SMILES string of the molecule is NNc1ncc2occc2n1. The first kappa shape index (κ1) is 6.11. The second-order valence-corrected chi connectivity index (χ2v) is 2.01. The average molecular weight is 150 g/mol. The van der Waals surface area contributed by atoms with E-state index in [1.807, 2.05) is 0 Å². The third-order valence-electron chi connectivity index (χ3n) is 1.33. The van der Waals surface area contributed by atoms with Crippen LogP contribution in [0.1, 0.15) is 0 Å². The smallest absolute Gasteiger partial charge is 0.237 e. The molecule has 2 rings (SSSR count). The number of nitrogens with zero attached hydrogens (tertiary/aromatic N) is 2. The monoisotopic (exact) mass is 150 g/mol. The van der Waals surface area contributed by atoms with Gasteiger partial charge < -0.3 is 4.42 Å². The summed E-state index contributed by atoms with van der Waals surface area (Å²) in [7, 11) is 0. The van der Waals surface area contributed by atoms with Crippen molar-refractivity contribution in [2.24, 2.45) is 5.84 Å². The predicted molar refractivity (Wildman–Crippen MR) is 39.6 cm³/mol. The molecule has 0 radical (unpaired) electrons. The number of aromatic nitrogens is 2. The molecule has 0 atom stereocenters. The standard InChI is InChI=1S/C6H6N4O/c7-10-6-8-3-5-4(9-6)1-2-11-5/h1-3H,7H2,(H,8,9,10). The zero-order valence-corrected chi connectivity index (χ0v) is 5.61. The fourth-order valence-electron chi connectivity index (χ4n) is 0.835. The summed E-state index contributed by atoms with van der Waals surface area (Å²) >= 11 is 0. The highest BCUT2D eigenvalue weighted by Crippen LogP contribution is 2.11. The van der Waals surface area contributed by atoms with Crippen LogP contribution in [0, 0.1) is 0 Å². The van der Waals surface area contributed by atoms with Gasteiger partial charge in [-0.2, -0.15) is 0 Å². The minimum Gasteiger partial charge on any atom is -0.461 e. The molecule has 2 aromatic rings. The molecule has 5 nitrogen and oxygen atoms in total. The molecule has 0 unspecified atom stereocenters. The molecular formula is C6H6N4O. The lowest BCUT2D eigenvalue weighted by atomic mass is 10.5. The van der Waals surface area contributed by atoms with Crippen LogP contribution >= 0.6 is 0 Å². The van der Waals surface area contributed by atoms with Crippen molar-refractivity contribution in [2.45, 2.75) is 0 Å². The summed E-state index contributed by atoms with van der Waals surface area (Å²) in [6, 6.07) is 1.75. The van der Waals surface area contributed by atoms with Gasteiger partial charge in [-0.15, -0.1) is 0 Å². The van der Waals surface area contributed by atoms with Gasteiger partial charge in [-0.3, -0.25) is 5.43 Å². The Hall–Kier alpha value is -1.62. The van der Waals surface area contributed by atoms with Crippen molar-refractivity contribution in [3.63, 3.8) is 0 Å². The zero-order valence-electron chi connectivity index (χ0n) is 5.61. The first-order valence-corrected chi connectivity index (χ1v) is 3.07. The normalized spacial score (nSPS) is 10.3. The minimum absolute atomic E-state index is 0.388. The van der Waals surface area contributed by atoms with Crippen molar-refractivity contribution in [1.29, 1.82) is 0 Å². The molecule has 0 aliphatic rings. The Bertz CT molecular complexity index is 369. The van der Waals surface area contributed by atoms with E-state index >= 15 is 0 Å². The van der Waals surface area contributed by atoms with E-state index in [1.165, 1.54) is 0 Å². The lowest BCUT2D eigenvalue weighted by molar-refractivity contribution is 0.613. The molecule has 0 fully saturated rings. The van der Waals surface area contributed by atoms with E-state index in [0.29, 0.717) is 11.5 Å². The van der Waals surface area contributed by atoms with Crippen LogP contribution in [0.15, 0.2) is 22.9 Å². The molecular weight excluding hydrogens is 144 g/mol. The molecule has 2 aromatic heterocycles. The molecule has 3 N–H and O–H groups in total.